The predicted molar refractivity (Wildman–Crippen MR) is 121 cm³/mol. The van der Waals surface area contributed by atoms with Crippen molar-refractivity contribution in [1.82, 2.24) is 25.5 Å². The maximum atomic E-state index is 13.9. The van der Waals surface area contributed by atoms with Gasteiger partial charge in [-0.1, -0.05) is 54.4 Å². The highest BCUT2D eigenvalue weighted by Crippen LogP contribution is 2.51. The standard InChI is InChI=1S/C23H25Cl2N5O/c1-14(2)30-21(15-7-9-17(24)10-8-15)19(16-5-4-6-18(25)11-16)12-23(3,22(30)31)13-20-26-28-29-27-20/h4-11,14,19,21H,12-13H2,1-3H3,(H,26,27,28,29)/t19?,21-,23-/m1/s1. The van der Waals surface area contributed by atoms with E-state index < -0.39 is 5.41 Å². The molecule has 2 heterocycles. The summed E-state index contributed by atoms with van der Waals surface area (Å²) in [5.41, 5.74) is 1.49. The van der Waals surface area contributed by atoms with Gasteiger partial charge in [0, 0.05) is 28.4 Å². The zero-order chi connectivity index (χ0) is 22.2. The van der Waals surface area contributed by atoms with Gasteiger partial charge in [-0.15, -0.1) is 5.10 Å². The van der Waals surface area contributed by atoms with Crippen molar-refractivity contribution in [2.75, 3.05) is 0 Å². The van der Waals surface area contributed by atoms with Crippen LogP contribution in [0.4, 0.5) is 0 Å². The first-order chi connectivity index (χ1) is 14.8. The molecule has 3 atom stereocenters. The van der Waals surface area contributed by atoms with Gasteiger partial charge in [0.2, 0.25) is 5.91 Å². The number of H-pyrrole nitrogens is 1. The minimum absolute atomic E-state index is 0.00217. The SMILES string of the molecule is CC(C)N1C(=O)[C@@](C)(Cc2nnn[nH]2)CC(c2cccc(Cl)c2)[C@H]1c1ccc(Cl)cc1. The molecule has 2 aromatic carbocycles. The van der Waals surface area contributed by atoms with E-state index in [9.17, 15) is 4.79 Å². The summed E-state index contributed by atoms with van der Waals surface area (Å²) in [6, 6.07) is 15.6. The summed E-state index contributed by atoms with van der Waals surface area (Å²) >= 11 is 12.5. The Balaban J connectivity index is 1.85. The van der Waals surface area contributed by atoms with E-state index in [1.807, 2.05) is 54.3 Å². The van der Waals surface area contributed by atoms with Crippen molar-refractivity contribution >= 4 is 29.1 Å². The number of rotatable bonds is 5. The van der Waals surface area contributed by atoms with Crippen molar-refractivity contribution in [1.29, 1.82) is 0 Å². The van der Waals surface area contributed by atoms with Gasteiger partial charge >= 0.3 is 0 Å². The third kappa shape index (κ3) is 4.32. The number of carbonyl (C=O) groups is 1. The normalized spacial score (nSPS) is 24.1. The van der Waals surface area contributed by atoms with Crippen molar-refractivity contribution in [2.45, 2.75) is 51.6 Å². The van der Waals surface area contributed by atoms with Crippen LogP contribution in [0, 0.1) is 5.41 Å². The summed E-state index contributed by atoms with van der Waals surface area (Å²) in [5.74, 6) is 0.743. The van der Waals surface area contributed by atoms with Gasteiger partial charge in [-0.05, 0) is 66.1 Å². The van der Waals surface area contributed by atoms with Crippen molar-refractivity contribution in [2.24, 2.45) is 5.41 Å². The summed E-state index contributed by atoms with van der Waals surface area (Å²) in [6.07, 6.45) is 1.08. The number of piperidine rings is 1. The first kappa shape index (κ1) is 21.8. The first-order valence-corrected chi connectivity index (χ1v) is 11.1. The Morgan fingerprint density at radius 2 is 1.87 bits per heavy atom. The average molecular weight is 458 g/mol. The Hall–Kier alpha value is -2.44. The van der Waals surface area contributed by atoms with E-state index in [1.165, 1.54) is 0 Å². The van der Waals surface area contributed by atoms with E-state index in [4.69, 9.17) is 23.2 Å². The molecule has 1 unspecified atom stereocenters. The molecule has 1 fully saturated rings. The van der Waals surface area contributed by atoms with E-state index in [-0.39, 0.29) is 23.9 Å². The van der Waals surface area contributed by atoms with Crippen molar-refractivity contribution in [3.63, 3.8) is 0 Å². The molecule has 1 amide bonds. The molecule has 1 aromatic heterocycles. The number of hydrogen-bond acceptors (Lipinski definition) is 4. The molecule has 0 spiro atoms. The number of benzene rings is 2. The zero-order valence-corrected chi connectivity index (χ0v) is 19.2. The number of aromatic nitrogens is 4. The van der Waals surface area contributed by atoms with Gasteiger partial charge in [-0.2, -0.15) is 0 Å². The number of aromatic amines is 1. The van der Waals surface area contributed by atoms with Crippen molar-refractivity contribution < 1.29 is 4.79 Å². The van der Waals surface area contributed by atoms with Crippen LogP contribution < -0.4 is 0 Å². The van der Waals surface area contributed by atoms with E-state index in [2.05, 4.69) is 40.5 Å². The smallest absolute Gasteiger partial charge is 0.229 e. The molecule has 6 nitrogen and oxygen atoms in total. The number of nitrogens with zero attached hydrogens (tertiary/aromatic N) is 4. The largest absolute Gasteiger partial charge is 0.332 e. The van der Waals surface area contributed by atoms with Gasteiger partial charge in [-0.25, -0.2) is 5.10 Å². The lowest BCUT2D eigenvalue weighted by atomic mass is 9.67. The minimum Gasteiger partial charge on any atom is -0.332 e. The van der Waals surface area contributed by atoms with Crippen LogP contribution in [0.2, 0.25) is 10.0 Å². The van der Waals surface area contributed by atoms with E-state index >= 15 is 0 Å². The monoisotopic (exact) mass is 457 g/mol. The second kappa shape index (κ2) is 8.60. The summed E-state index contributed by atoms with van der Waals surface area (Å²) in [4.78, 5) is 15.9. The molecule has 8 heteroatoms. The van der Waals surface area contributed by atoms with Crippen LogP contribution in [-0.2, 0) is 11.2 Å². The second-order valence-corrected chi connectivity index (χ2v) is 9.63. The van der Waals surface area contributed by atoms with Crippen LogP contribution in [0.3, 0.4) is 0 Å². The highest BCUT2D eigenvalue weighted by Gasteiger charge is 2.50. The topological polar surface area (TPSA) is 74.8 Å². The lowest BCUT2D eigenvalue weighted by Crippen LogP contribution is -2.55. The van der Waals surface area contributed by atoms with Crippen molar-refractivity contribution in [3.8, 4) is 0 Å². The Bertz CT molecular complexity index is 1050. The van der Waals surface area contributed by atoms with E-state index in [1.54, 1.807) is 0 Å². The summed E-state index contributed by atoms with van der Waals surface area (Å²) in [5, 5.41) is 15.6. The van der Waals surface area contributed by atoms with Crippen molar-refractivity contribution in [3.05, 3.63) is 75.5 Å². The van der Waals surface area contributed by atoms with Gasteiger partial charge in [-0.3, -0.25) is 4.79 Å². The molecule has 3 aromatic rings. The Kier molecular flexibility index (Phi) is 6.04. The Labute approximate surface area is 191 Å². The number of amides is 1. The molecule has 1 N–H and O–H groups in total. The van der Waals surface area contributed by atoms with Gasteiger partial charge in [0.25, 0.3) is 0 Å². The van der Waals surface area contributed by atoms with Crippen LogP contribution in [0.1, 0.15) is 56.1 Å². The third-order valence-electron chi connectivity index (χ3n) is 6.09. The molecule has 162 valence electrons. The number of tetrazole rings is 1. The van der Waals surface area contributed by atoms with Crippen LogP contribution >= 0.6 is 23.2 Å². The molecule has 0 radical (unpaired) electrons. The fraction of sp³-hybridized carbons (Fsp3) is 0.391. The summed E-state index contributed by atoms with van der Waals surface area (Å²) in [6.45, 7) is 6.11. The third-order valence-corrected chi connectivity index (χ3v) is 6.58. The number of carbonyl (C=O) groups excluding carboxylic acids is 1. The lowest BCUT2D eigenvalue weighted by Gasteiger charge is -2.51. The van der Waals surface area contributed by atoms with Gasteiger partial charge in [0.05, 0.1) is 11.5 Å². The van der Waals surface area contributed by atoms with E-state index in [0.29, 0.717) is 28.7 Å². The number of halogens is 2. The molecular weight excluding hydrogens is 433 g/mol. The van der Waals surface area contributed by atoms with Crippen LogP contribution in [0.15, 0.2) is 48.5 Å². The molecule has 0 bridgehead atoms. The quantitative estimate of drug-likeness (QED) is 0.569. The minimum atomic E-state index is -0.665. The fourth-order valence-electron chi connectivity index (χ4n) is 4.73. The Morgan fingerprint density at radius 1 is 1.13 bits per heavy atom. The molecule has 1 saturated heterocycles. The number of nitrogens with one attached hydrogen (secondary N) is 1. The number of hydrogen-bond donors (Lipinski definition) is 1. The molecule has 0 aliphatic carbocycles. The lowest BCUT2D eigenvalue weighted by molar-refractivity contribution is -0.153. The Morgan fingerprint density at radius 3 is 2.48 bits per heavy atom. The van der Waals surface area contributed by atoms with Gasteiger partial charge in [0.1, 0.15) is 5.82 Å². The molecule has 4 rings (SSSR count). The first-order valence-electron chi connectivity index (χ1n) is 10.3. The van der Waals surface area contributed by atoms with Crippen LogP contribution in [-0.4, -0.2) is 37.5 Å². The average Bonchev–Trinajstić information content (AvgIpc) is 3.23. The highest BCUT2D eigenvalue weighted by molar-refractivity contribution is 6.30. The molecular formula is C23H25Cl2N5O. The summed E-state index contributed by atoms with van der Waals surface area (Å²) in [7, 11) is 0. The fourth-order valence-corrected chi connectivity index (χ4v) is 5.06. The summed E-state index contributed by atoms with van der Waals surface area (Å²) < 4.78 is 0. The zero-order valence-electron chi connectivity index (χ0n) is 17.7. The maximum absolute atomic E-state index is 13.9. The second-order valence-electron chi connectivity index (χ2n) is 8.75. The predicted octanol–water partition coefficient (Wildman–Crippen LogP) is 5.22. The van der Waals surface area contributed by atoms with Gasteiger partial charge in [0.15, 0.2) is 0 Å². The molecule has 0 saturated carbocycles. The van der Waals surface area contributed by atoms with Crippen LogP contribution in [0.5, 0.6) is 0 Å². The number of likely N-dealkylation sites (tertiary alicyclic amines) is 1. The molecule has 1 aliphatic rings. The highest BCUT2D eigenvalue weighted by atomic mass is 35.5. The van der Waals surface area contributed by atoms with E-state index in [0.717, 1.165) is 11.1 Å². The maximum Gasteiger partial charge on any atom is 0.229 e. The molecule has 31 heavy (non-hydrogen) atoms. The van der Waals surface area contributed by atoms with Crippen LogP contribution in [0.25, 0.3) is 0 Å². The molecule has 1 aliphatic heterocycles. The van der Waals surface area contributed by atoms with Gasteiger partial charge < -0.3 is 4.90 Å².